The summed E-state index contributed by atoms with van der Waals surface area (Å²) in [4.78, 5) is 11.9. The van der Waals surface area contributed by atoms with Gasteiger partial charge in [-0.15, -0.1) is 0 Å². The Bertz CT molecular complexity index is 644. The smallest absolute Gasteiger partial charge is 0.243 e. The molecule has 0 saturated carbocycles. The van der Waals surface area contributed by atoms with Gasteiger partial charge in [-0.1, -0.05) is 30.7 Å². The molecule has 0 aromatic heterocycles. The van der Waals surface area contributed by atoms with Crippen molar-refractivity contribution in [3.8, 4) is 5.75 Å². The number of hydrogen-bond donors (Lipinski definition) is 2. The fourth-order valence-corrected chi connectivity index (χ4v) is 2.09. The van der Waals surface area contributed by atoms with Gasteiger partial charge in [0.15, 0.2) is 0 Å². The lowest BCUT2D eigenvalue weighted by atomic mass is 10.2. The number of rotatable bonds is 7. The zero-order chi connectivity index (χ0) is 16.7. The molecule has 0 heterocycles. The highest BCUT2D eigenvalue weighted by Crippen LogP contribution is 2.20. The quantitative estimate of drug-likeness (QED) is 0.781. The molecule has 0 bridgehead atoms. The zero-order valence-corrected chi connectivity index (χ0v) is 14.1. The van der Waals surface area contributed by atoms with Gasteiger partial charge in [0.1, 0.15) is 5.75 Å². The van der Waals surface area contributed by atoms with E-state index in [1.54, 1.807) is 12.1 Å². The van der Waals surface area contributed by atoms with Gasteiger partial charge < -0.3 is 15.4 Å². The summed E-state index contributed by atoms with van der Waals surface area (Å²) < 4.78 is 5.71. The monoisotopic (exact) mass is 332 g/mol. The Balaban J connectivity index is 1.83. The second-order valence-electron chi connectivity index (χ2n) is 5.24. The van der Waals surface area contributed by atoms with Crippen molar-refractivity contribution in [3.63, 3.8) is 0 Å². The third kappa shape index (κ3) is 5.49. The van der Waals surface area contributed by atoms with Crippen molar-refractivity contribution in [2.24, 2.45) is 0 Å². The van der Waals surface area contributed by atoms with Gasteiger partial charge in [-0.25, -0.2) is 0 Å². The number of ether oxygens (including phenoxy) is 1. The van der Waals surface area contributed by atoms with E-state index in [0.717, 1.165) is 17.9 Å². The van der Waals surface area contributed by atoms with Crippen LogP contribution in [-0.4, -0.2) is 18.6 Å². The van der Waals surface area contributed by atoms with E-state index in [-0.39, 0.29) is 18.6 Å². The summed E-state index contributed by atoms with van der Waals surface area (Å²) >= 11 is 6.01. The highest BCUT2D eigenvalue weighted by atomic mass is 35.5. The lowest BCUT2D eigenvalue weighted by Gasteiger charge is -2.13. The molecule has 2 N–H and O–H groups in total. The number of anilines is 2. The fourth-order valence-electron chi connectivity index (χ4n) is 1.91. The number of nitrogens with one attached hydrogen (secondary N) is 2. The number of para-hydroxylation sites is 1. The Morgan fingerprint density at radius 2 is 1.87 bits per heavy atom. The van der Waals surface area contributed by atoms with Gasteiger partial charge in [0.05, 0.1) is 23.4 Å². The van der Waals surface area contributed by atoms with Gasteiger partial charge >= 0.3 is 0 Å². The van der Waals surface area contributed by atoms with Crippen LogP contribution in [0.15, 0.2) is 48.5 Å². The van der Waals surface area contributed by atoms with E-state index in [1.807, 2.05) is 43.3 Å². The van der Waals surface area contributed by atoms with Crippen LogP contribution in [0.4, 0.5) is 11.4 Å². The summed E-state index contributed by atoms with van der Waals surface area (Å²) in [7, 11) is 0. The molecule has 0 aliphatic rings. The van der Waals surface area contributed by atoms with Crippen LogP contribution in [0.3, 0.4) is 0 Å². The topological polar surface area (TPSA) is 50.4 Å². The largest absolute Gasteiger partial charge is 0.491 e. The summed E-state index contributed by atoms with van der Waals surface area (Å²) in [5.74, 6) is 0.670. The van der Waals surface area contributed by atoms with Crippen molar-refractivity contribution >= 4 is 28.9 Å². The van der Waals surface area contributed by atoms with E-state index in [2.05, 4.69) is 17.6 Å². The van der Waals surface area contributed by atoms with Crippen LogP contribution in [0, 0.1) is 0 Å². The van der Waals surface area contributed by atoms with Gasteiger partial charge in [-0.2, -0.15) is 0 Å². The molecule has 0 spiro atoms. The van der Waals surface area contributed by atoms with E-state index in [0.29, 0.717) is 10.7 Å². The van der Waals surface area contributed by atoms with Gasteiger partial charge in [0.25, 0.3) is 0 Å². The molecule has 0 fully saturated rings. The minimum absolute atomic E-state index is 0.155. The Kier molecular flexibility index (Phi) is 6.29. The second kappa shape index (κ2) is 8.44. The Labute approximate surface area is 141 Å². The van der Waals surface area contributed by atoms with Crippen molar-refractivity contribution in [2.75, 3.05) is 17.2 Å². The SMILES string of the molecule is CCC(C)Oc1ccc(NCC(=O)Nc2ccccc2Cl)cc1. The molecule has 23 heavy (non-hydrogen) atoms. The van der Waals surface area contributed by atoms with Crippen molar-refractivity contribution < 1.29 is 9.53 Å². The minimum Gasteiger partial charge on any atom is -0.491 e. The van der Waals surface area contributed by atoms with Crippen molar-refractivity contribution in [1.82, 2.24) is 0 Å². The normalized spacial score (nSPS) is 11.6. The summed E-state index contributed by atoms with van der Waals surface area (Å²) in [5.41, 5.74) is 1.47. The molecule has 2 aromatic carbocycles. The molecule has 1 amide bonds. The summed E-state index contributed by atoms with van der Waals surface area (Å²) in [5, 5.41) is 6.36. The first-order valence-corrected chi connectivity index (χ1v) is 8.01. The number of halogens is 1. The molecule has 4 nitrogen and oxygen atoms in total. The average molecular weight is 333 g/mol. The number of carbonyl (C=O) groups excluding carboxylic acids is 1. The molecule has 0 aliphatic heterocycles. The first-order chi connectivity index (χ1) is 11.1. The highest BCUT2D eigenvalue weighted by molar-refractivity contribution is 6.33. The molecule has 1 atom stereocenters. The number of amides is 1. The molecule has 0 radical (unpaired) electrons. The number of benzene rings is 2. The maximum absolute atomic E-state index is 11.9. The lowest BCUT2D eigenvalue weighted by molar-refractivity contribution is -0.114. The number of carbonyl (C=O) groups is 1. The Morgan fingerprint density at radius 1 is 1.17 bits per heavy atom. The molecule has 5 heteroatoms. The van der Waals surface area contributed by atoms with Gasteiger partial charge in [0, 0.05) is 5.69 Å². The summed E-state index contributed by atoms with van der Waals surface area (Å²) in [6.45, 7) is 4.28. The molecule has 122 valence electrons. The average Bonchev–Trinajstić information content (AvgIpc) is 2.56. The first kappa shape index (κ1) is 17.2. The van der Waals surface area contributed by atoms with Crippen LogP contribution < -0.4 is 15.4 Å². The predicted molar refractivity (Wildman–Crippen MR) is 95.4 cm³/mol. The van der Waals surface area contributed by atoms with Crippen LogP contribution in [0.1, 0.15) is 20.3 Å². The molecule has 0 saturated heterocycles. The van der Waals surface area contributed by atoms with Gasteiger partial charge in [-0.3, -0.25) is 4.79 Å². The zero-order valence-electron chi connectivity index (χ0n) is 13.3. The van der Waals surface area contributed by atoms with Gasteiger partial charge in [-0.05, 0) is 49.7 Å². The van der Waals surface area contributed by atoms with Gasteiger partial charge in [0.2, 0.25) is 5.91 Å². The molecular weight excluding hydrogens is 312 g/mol. The molecular formula is C18H21ClN2O2. The van der Waals surface area contributed by atoms with E-state index < -0.39 is 0 Å². The molecule has 2 rings (SSSR count). The van der Waals surface area contributed by atoms with Crippen LogP contribution >= 0.6 is 11.6 Å². The molecule has 2 aromatic rings. The summed E-state index contributed by atoms with van der Waals surface area (Å²) in [6.07, 6.45) is 1.15. The predicted octanol–water partition coefficient (Wildman–Crippen LogP) is 4.57. The molecule has 1 unspecified atom stereocenters. The first-order valence-electron chi connectivity index (χ1n) is 7.63. The van der Waals surface area contributed by atoms with Crippen molar-refractivity contribution in [3.05, 3.63) is 53.6 Å². The second-order valence-corrected chi connectivity index (χ2v) is 5.65. The standard InChI is InChI=1S/C18H21ClN2O2/c1-3-13(2)23-15-10-8-14(9-11-15)20-12-18(22)21-17-7-5-4-6-16(17)19/h4-11,13,20H,3,12H2,1-2H3,(H,21,22). The fraction of sp³-hybridized carbons (Fsp3) is 0.278. The highest BCUT2D eigenvalue weighted by Gasteiger charge is 2.05. The van der Waals surface area contributed by atoms with E-state index in [1.165, 1.54) is 0 Å². The third-order valence-corrected chi connectivity index (χ3v) is 3.70. The van der Waals surface area contributed by atoms with E-state index in [9.17, 15) is 4.79 Å². The number of hydrogen-bond acceptors (Lipinski definition) is 3. The lowest BCUT2D eigenvalue weighted by Crippen LogP contribution is -2.21. The van der Waals surface area contributed by atoms with Crippen molar-refractivity contribution in [1.29, 1.82) is 0 Å². The Hall–Kier alpha value is -2.20. The van der Waals surface area contributed by atoms with Crippen LogP contribution in [-0.2, 0) is 4.79 Å². The van der Waals surface area contributed by atoms with Crippen molar-refractivity contribution in [2.45, 2.75) is 26.4 Å². The molecule has 0 aliphatic carbocycles. The van der Waals surface area contributed by atoms with Crippen LogP contribution in [0.5, 0.6) is 5.75 Å². The van der Waals surface area contributed by atoms with E-state index in [4.69, 9.17) is 16.3 Å². The van der Waals surface area contributed by atoms with E-state index >= 15 is 0 Å². The Morgan fingerprint density at radius 3 is 2.52 bits per heavy atom. The van der Waals surface area contributed by atoms with Crippen LogP contribution in [0.2, 0.25) is 5.02 Å². The maximum atomic E-state index is 11.9. The van der Waals surface area contributed by atoms with Crippen LogP contribution in [0.25, 0.3) is 0 Å². The third-order valence-electron chi connectivity index (χ3n) is 3.37. The minimum atomic E-state index is -0.155. The summed E-state index contributed by atoms with van der Waals surface area (Å²) in [6, 6.07) is 14.7. The maximum Gasteiger partial charge on any atom is 0.243 e.